The van der Waals surface area contributed by atoms with Gasteiger partial charge in [-0.25, -0.2) is 9.78 Å². The van der Waals surface area contributed by atoms with Gasteiger partial charge in [0.05, 0.1) is 15.2 Å². The number of furan rings is 1. The highest BCUT2D eigenvalue weighted by Crippen LogP contribution is 2.28. The zero-order valence-electron chi connectivity index (χ0n) is 12.9. The molecule has 4 aromatic rings. The molecule has 5 nitrogen and oxygen atoms in total. The number of hydrogen-bond donors (Lipinski definition) is 2. The van der Waals surface area contributed by atoms with Crippen LogP contribution in [-0.4, -0.2) is 16.1 Å². The Hall–Kier alpha value is -2.86. The molecule has 0 aliphatic heterocycles. The van der Waals surface area contributed by atoms with Crippen LogP contribution in [-0.2, 0) is 6.54 Å². The molecule has 2 heterocycles. The van der Waals surface area contributed by atoms with Crippen molar-refractivity contribution in [2.24, 2.45) is 0 Å². The zero-order chi connectivity index (χ0) is 16.7. The molecular formula is C18H14N2O3S. The van der Waals surface area contributed by atoms with Crippen LogP contribution in [0.3, 0.4) is 0 Å². The summed E-state index contributed by atoms with van der Waals surface area (Å²) in [4.78, 5) is 15.9. The molecule has 0 unspecified atom stereocenters. The average molecular weight is 338 g/mol. The van der Waals surface area contributed by atoms with Crippen LogP contribution in [0.5, 0.6) is 0 Å². The van der Waals surface area contributed by atoms with E-state index >= 15 is 0 Å². The fourth-order valence-corrected chi connectivity index (χ4v) is 3.60. The number of aromatic carboxylic acids is 1. The number of nitrogens with zero attached hydrogens (tertiary/aromatic N) is 1. The first-order valence-corrected chi connectivity index (χ1v) is 8.28. The molecule has 0 radical (unpaired) electrons. The Morgan fingerprint density at radius 1 is 1.29 bits per heavy atom. The second-order valence-electron chi connectivity index (χ2n) is 5.48. The number of carboxylic acids is 1. The third kappa shape index (κ3) is 2.51. The van der Waals surface area contributed by atoms with Crippen molar-refractivity contribution in [1.29, 1.82) is 0 Å². The van der Waals surface area contributed by atoms with Gasteiger partial charge < -0.3 is 14.8 Å². The van der Waals surface area contributed by atoms with Crippen molar-refractivity contribution in [2.75, 3.05) is 5.32 Å². The summed E-state index contributed by atoms with van der Waals surface area (Å²) in [6.45, 7) is 2.35. The molecule has 4 rings (SSSR count). The lowest BCUT2D eigenvalue weighted by atomic mass is 10.1. The highest BCUT2D eigenvalue weighted by molar-refractivity contribution is 7.18. The van der Waals surface area contributed by atoms with E-state index in [0.717, 1.165) is 26.3 Å². The Morgan fingerprint density at radius 2 is 2.12 bits per heavy atom. The van der Waals surface area contributed by atoms with Crippen LogP contribution in [0.1, 0.15) is 21.1 Å². The van der Waals surface area contributed by atoms with Gasteiger partial charge in [-0.1, -0.05) is 18.2 Å². The molecule has 0 aliphatic rings. The van der Waals surface area contributed by atoms with E-state index in [2.05, 4.69) is 10.3 Å². The molecule has 120 valence electrons. The van der Waals surface area contributed by atoms with Gasteiger partial charge >= 0.3 is 5.97 Å². The SMILES string of the molecule is Cc1nc2cc(NCc3c(C(=O)O)oc4ccccc34)ccc2s1. The Morgan fingerprint density at radius 3 is 2.96 bits per heavy atom. The third-order valence-corrected chi connectivity index (χ3v) is 4.81. The first-order chi connectivity index (χ1) is 11.6. The van der Waals surface area contributed by atoms with Gasteiger partial charge in [0.1, 0.15) is 5.58 Å². The standard InChI is InChI=1S/C18H14N2O3S/c1-10-20-14-8-11(6-7-16(14)24-10)19-9-13-12-4-2-3-5-15(12)23-17(13)18(21)22/h2-8,19H,9H2,1H3,(H,21,22). The average Bonchev–Trinajstić information content (AvgIpc) is 3.11. The quantitative estimate of drug-likeness (QED) is 0.566. The number of aryl methyl sites for hydroxylation is 1. The Labute approximate surface area is 141 Å². The maximum Gasteiger partial charge on any atom is 0.372 e. The number of benzene rings is 2. The molecule has 0 fully saturated rings. The summed E-state index contributed by atoms with van der Waals surface area (Å²) in [7, 11) is 0. The van der Waals surface area contributed by atoms with E-state index in [1.54, 1.807) is 17.4 Å². The van der Waals surface area contributed by atoms with Crippen molar-refractivity contribution in [2.45, 2.75) is 13.5 Å². The molecule has 0 bridgehead atoms. The zero-order valence-corrected chi connectivity index (χ0v) is 13.7. The number of anilines is 1. The molecule has 0 saturated carbocycles. The number of thiazole rings is 1. The normalized spacial score (nSPS) is 11.2. The number of hydrogen-bond acceptors (Lipinski definition) is 5. The summed E-state index contributed by atoms with van der Waals surface area (Å²) >= 11 is 1.65. The molecule has 0 aliphatic carbocycles. The van der Waals surface area contributed by atoms with Gasteiger partial charge in [0.2, 0.25) is 5.76 Å². The number of fused-ring (bicyclic) bond motifs is 2. The summed E-state index contributed by atoms with van der Waals surface area (Å²) in [5.74, 6) is -1.08. The molecule has 2 aromatic heterocycles. The maximum absolute atomic E-state index is 11.5. The second kappa shape index (κ2) is 5.65. The van der Waals surface area contributed by atoms with Gasteiger partial charge in [-0.2, -0.15) is 0 Å². The smallest absolute Gasteiger partial charge is 0.372 e. The molecule has 0 saturated heterocycles. The van der Waals surface area contributed by atoms with Gasteiger partial charge in [0.25, 0.3) is 0 Å². The van der Waals surface area contributed by atoms with Gasteiger partial charge in [0, 0.05) is 23.2 Å². The Kier molecular flexibility index (Phi) is 3.46. The fourth-order valence-electron chi connectivity index (χ4n) is 2.79. The first-order valence-electron chi connectivity index (χ1n) is 7.46. The van der Waals surface area contributed by atoms with E-state index in [1.807, 2.05) is 43.3 Å². The predicted octanol–water partition coefficient (Wildman–Crippen LogP) is 4.66. The summed E-state index contributed by atoms with van der Waals surface area (Å²) in [5, 5.41) is 14.5. The van der Waals surface area contributed by atoms with Crippen molar-refractivity contribution in [1.82, 2.24) is 4.98 Å². The van der Waals surface area contributed by atoms with Crippen molar-refractivity contribution in [3.8, 4) is 0 Å². The van der Waals surface area contributed by atoms with Crippen LogP contribution in [0.25, 0.3) is 21.2 Å². The molecule has 2 N–H and O–H groups in total. The van der Waals surface area contributed by atoms with Crippen molar-refractivity contribution in [3.63, 3.8) is 0 Å². The molecule has 0 spiro atoms. The summed E-state index contributed by atoms with van der Waals surface area (Å²) in [6, 6.07) is 13.3. The molecule has 24 heavy (non-hydrogen) atoms. The fraction of sp³-hybridized carbons (Fsp3) is 0.111. The lowest BCUT2D eigenvalue weighted by Gasteiger charge is -2.06. The van der Waals surface area contributed by atoms with E-state index in [0.29, 0.717) is 17.7 Å². The van der Waals surface area contributed by atoms with Crippen LogP contribution in [0.2, 0.25) is 0 Å². The number of carbonyl (C=O) groups is 1. The first kappa shape index (κ1) is 14.7. The number of nitrogens with one attached hydrogen (secondary N) is 1. The Balaban J connectivity index is 1.68. The van der Waals surface area contributed by atoms with Crippen LogP contribution in [0, 0.1) is 6.92 Å². The lowest BCUT2D eigenvalue weighted by Crippen LogP contribution is -2.05. The number of carboxylic acid groups (broad SMARTS) is 1. The molecule has 2 aromatic carbocycles. The molecule has 6 heteroatoms. The molecule has 0 atom stereocenters. The Bertz CT molecular complexity index is 1060. The van der Waals surface area contributed by atoms with Crippen molar-refractivity contribution >= 4 is 44.2 Å². The van der Waals surface area contributed by atoms with E-state index in [-0.39, 0.29) is 5.76 Å². The van der Waals surface area contributed by atoms with Crippen LogP contribution < -0.4 is 5.32 Å². The molecule has 0 amide bonds. The monoisotopic (exact) mass is 338 g/mol. The number of aromatic nitrogens is 1. The summed E-state index contributed by atoms with van der Waals surface area (Å²) in [5.41, 5.74) is 3.07. The van der Waals surface area contributed by atoms with Crippen LogP contribution in [0.4, 0.5) is 5.69 Å². The van der Waals surface area contributed by atoms with Crippen LogP contribution >= 0.6 is 11.3 Å². The predicted molar refractivity (Wildman–Crippen MR) is 94.9 cm³/mol. The van der Waals surface area contributed by atoms with Gasteiger partial charge in [-0.15, -0.1) is 11.3 Å². The largest absolute Gasteiger partial charge is 0.475 e. The van der Waals surface area contributed by atoms with Crippen molar-refractivity contribution < 1.29 is 14.3 Å². The van der Waals surface area contributed by atoms with E-state index in [4.69, 9.17) is 4.42 Å². The van der Waals surface area contributed by atoms with E-state index in [9.17, 15) is 9.90 Å². The van der Waals surface area contributed by atoms with E-state index < -0.39 is 5.97 Å². The van der Waals surface area contributed by atoms with Crippen LogP contribution in [0.15, 0.2) is 46.9 Å². The topological polar surface area (TPSA) is 75.4 Å². The van der Waals surface area contributed by atoms with Gasteiger partial charge in [-0.05, 0) is 31.2 Å². The summed E-state index contributed by atoms with van der Waals surface area (Å²) < 4.78 is 6.61. The second-order valence-corrected chi connectivity index (χ2v) is 6.71. The highest BCUT2D eigenvalue weighted by Gasteiger charge is 2.19. The van der Waals surface area contributed by atoms with E-state index in [1.165, 1.54) is 0 Å². The lowest BCUT2D eigenvalue weighted by molar-refractivity contribution is 0.0663. The minimum atomic E-state index is -1.06. The number of rotatable bonds is 4. The minimum absolute atomic E-state index is 0.0192. The molecular weight excluding hydrogens is 324 g/mol. The third-order valence-electron chi connectivity index (χ3n) is 3.86. The van der Waals surface area contributed by atoms with Gasteiger partial charge in [-0.3, -0.25) is 0 Å². The highest BCUT2D eigenvalue weighted by atomic mass is 32.1. The minimum Gasteiger partial charge on any atom is -0.475 e. The van der Waals surface area contributed by atoms with Gasteiger partial charge in [0.15, 0.2) is 0 Å². The number of para-hydroxylation sites is 1. The maximum atomic E-state index is 11.5. The van der Waals surface area contributed by atoms with Crippen molar-refractivity contribution in [3.05, 3.63) is 58.8 Å². The summed E-state index contributed by atoms with van der Waals surface area (Å²) in [6.07, 6.45) is 0.